The topological polar surface area (TPSA) is 20.2 Å². The number of allylic oxidation sites excluding steroid dienone is 8. The highest BCUT2D eigenvalue weighted by Crippen LogP contribution is 2.15. The predicted octanol–water partition coefficient (Wildman–Crippen LogP) is 12.8. The zero-order valence-electron chi connectivity index (χ0n) is 26.0. The van der Waals surface area contributed by atoms with Crippen LogP contribution in [-0.4, -0.2) is 11.2 Å². The minimum Gasteiger partial charge on any atom is -0.393 e. The van der Waals surface area contributed by atoms with E-state index in [0.29, 0.717) is 0 Å². The molecular weight excluding hydrogens is 460 g/mol. The molecule has 0 amide bonds. The van der Waals surface area contributed by atoms with Gasteiger partial charge in [0.15, 0.2) is 0 Å². The van der Waals surface area contributed by atoms with Crippen molar-refractivity contribution in [2.75, 3.05) is 0 Å². The smallest absolute Gasteiger partial charge is 0.0540 e. The van der Waals surface area contributed by atoms with Crippen LogP contribution in [0.25, 0.3) is 0 Å². The molecule has 38 heavy (non-hydrogen) atoms. The molecule has 0 aliphatic heterocycles. The van der Waals surface area contributed by atoms with E-state index in [1.807, 2.05) is 0 Å². The lowest BCUT2D eigenvalue weighted by atomic mass is 10.0. The Morgan fingerprint density at radius 1 is 0.368 bits per heavy atom. The van der Waals surface area contributed by atoms with E-state index in [-0.39, 0.29) is 6.10 Å². The maximum absolute atomic E-state index is 10.3. The van der Waals surface area contributed by atoms with Crippen LogP contribution in [0.1, 0.15) is 181 Å². The molecule has 0 radical (unpaired) electrons. The van der Waals surface area contributed by atoms with E-state index in [2.05, 4.69) is 62.5 Å². The molecule has 0 aromatic rings. The lowest BCUT2D eigenvalue weighted by Crippen LogP contribution is -2.05. The van der Waals surface area contributed by atoms with E-state index < -0.39 is 0 Å². The van der Waals surface area contributed by atoms with Gasteiger partial charge in [-0.15, -0.1) is 0 Å². The molecule has 0 aliphatic rings. The van der Waals surface area contributed by atoms with Gasteiger partial charge in [0.1, 0.15) is 0 Å². The monoisotopic (exact) mass is 529 g/mol. The second kappa shape index (κ2) is 33.9. The Kier molecular flexibility index (Phi) is 33.0. The quantitative estimate of drug-likeness (QED) is 0.0726. The van der Waals surface area contributed by atoms with E-state index in [4.69, 9.17) is 0 Å². The van der Waals surface area contributed by atoms with E-state index in [1.165, 1.54) is 154 Å². The Morgan fingerprint density at radius 3 is 0.947 bits per heavy atom. The Bertz CT molecular complexity index is 493. The third kappa shape index (κ3) is 32.9. The summed E-state index contributed by atoms with van der Waals surface area (Å²) in [6, 6.07) is 0. The molecule has 0 heterocycles. The number of aliphatic hydroxyl groups excluding tert-OH is 1. The first-order chi connectivity index (χ1) is 18.8. The van der Waals surface area contributed by atoms with Gasteiger partial charge in [-0.25, -0.2) is 0 Å². The normalized spacial score (nSPS) is 13.2. The van der Waals surface area contributed by atoms with Crippen molar-refractivity contribution < 1.29 is 5.11 Å². The minimum atomic E-state index is -0.0651. The second-order valence-corrected chi connectivity index (χ2v) is 11.5. The fourth-order valence-electron chi connectivity index (χ4n) is 4.92. The van der Waals surface area contributed by atoms with Crippen LogP contribution in [0.2, 0.25) is 0 Å². The molecule has 0 bridgehead atoms. The Labute approximate surface area is 240 Å². The van der Waals surface area contributed by atoms with Gasteiger partial charge in [0, 0.05) is 0 Å². The van der Waals surface area contributed by atoms with E-state index in [0.717, 1.165) is 12.8 Å². The van der Waals surface area contributed by atoms with Crippen LogP contribution in [0.5, 0.6) is 0 Å². The molecule has 1 heteroatoms. The van der Waals surface area contributed by atoms with E-state index >= 15 is 0 Å². The fourth-order valence-corrected chi connectivity index (χ4v) is 4.92. The standard InChI is InChI=1S/C37H68O/c1-3-5-7-9-11-13-15-17-19-21-23-25-27-29-31-33-35-37(38)36-34-32-30-28-26-24-22-20-18-16-14-12-10-8-6-4-2/h13-20,37-38H,3-12,21-36H2,1-2H3. The van der Waals surface area contributed by atoms with Crippen LogP contribution >= 0.6 is 0 Å². The molecule has 0 saturated heterocycles. The first-order valence-electron chi connectivity index (χ1n) is 17.1. The summed E-state index contributed by atoms with van der Waals surface area (Å²) in [4.78, 5) is 0. The van der Waals surface area contributed by atoms with Crippen molar-refractivity contribution in [2.24, 2.45) is 0 Å². The Balaban J connectivity index is 3.30. The van der Waals surface area contributed by atoms with Crippen molar-refractivity contribution in [1.29, 1.82) is 0 Å². The molecule has 0 aromatic carbocycles. The van der Waals surface area contributed by atoms with Gasteiger partial charge in [-0.1, -0.05) is 165 Å². The number of hydrogen-bond acceptors (Lipinski definition) is 1. The van der Waals surface area contributed by atoms with Crippen molar-refractivity contribution in [3.05, 3.63) is 48.6 Å². The molecule has 222 valence electrons. The highest BCUT2D eigenvalue weighted by molar-refractivity contribution is 5.02. The zero-order valence-corrected chi connectivity index (χ0v) is 26.0. The summed E-state index contributed by atoms with van der Waals surface area (Å²) in [6.07, 6.45) is 51.5. The van der Waals surface area contributed by atoms with Crippen LogP contribution in [-0.2, 0) is 0 Å². The third-order valence-corrected chi connectivity index (χ3v) is 7.53. The lowest BCUT2D eigenvalue weighted by Gasteiger charge is -2.10. The molecule has 0 rings (SSSR count). The maximum atomic E-state index is 10.3. The number of hydrogen-bond donors (Lipinski definition) is 1. The average Bonchev–Trinajstić information content (AvgIpc) is 2.92. The van der Waals surface area contributed by atoms with Gasteiger partial charge in [0.25, 0.3) is 0 Å². The van der Waals surface area contributed by atoms with Gasteiger partial charge in [-0.05, 0) is 64.2 Å². The molecule has 0 atom stereocenters. The maximum Gasteiger partial charge on any atom is 0.0540 e. The van der Waals surface area contributed by atoms with E-state index in [1.54, 1.807) is 0 Å². The molecule has 0 unspecified atom stereocenters. The molecule has 0 aromatic heterocycles. The Hall–Kier alpha value is -1.08. The second-order valence-electron chi connectivity index (χ2n) is 11.5. The summed E-state index contributed by atoms with van der Waals surface area (Å²) >= 11 is 0. The van der Waals surface area contributed by atoms with Crippen molar-refractivity contribution in [3.63, 3.8) is 0 Å². The predicted molar refractivity (Wildman–Crippen MR) is 174 cm³/mol. The zero-order chi connectivity index (χ0) is 27.6. The van der Waals surface area contributed by atoms with E-state index in [9.17, 15) is 5.11 Å². The van der Waals surface area contributed by atoms with Crippen molar-refractivity contribution in [2.45, 2.75) is 187 Å². The van der Waals surface area contributed by atoms with Gasteiger partial charge in [-0.3, -0.25) is 0 Å². The van der Waals surface area contributed by atoms with Crippen molar-refractivity contribution in [3.8, 4) is 0 Å². The summed E-state index contributed by atoms with van der Waals surface area (Å²) in [6.45, 7) is 4.54. The number of rotatable bonds is 30. The third-order valence-electron chi connectivity index (χ3n) is 7.53. The number of aliphatic hydroxyl groups is 1. The molecule has 1 nitrogen and oxygen atoms in total. The van der Waals surface area contributed by atoms with Gasteiger partial charge < -0.3 is 5.11 Å². The molecule has 0 aliphatic carbocycles. The molecule has 0 saturated carbocycles. The van der Waals surface area contributed by atoms with Crippen LogP contribution in [0, 0.1) is 0 Å². The SMILES string of the molecule is CCCCCCC=CC=CCCCCCCCCC(O)CCCCCCCCC=CC=CCCCCCC. The largest absolute Gasteiger partial charge is 0.393 e. The Morgan fingerprint density at radius 2 is 0.632 bits per heavy atom. The lowest BCUT2D eigenvalue weighted by molar-refractivity contribution is 0.147. The first kappa shape index (κ1) is 36.9. The molecule has 0 fully saturated rings. The van der Waals surface area contributed by atoms with Crippen LogP contribution in [0.3, 0.4) is 0 Å². The highest BCUT2D eigenvalue weighted by atomic mass is 16.3. The van der Waals surface area contributed by atoms with Gasteiger partial charge in [0.2, 0.25) is 0 Å². The van der Waals surface area contributed by atoms with Crippen LogP contribution in [0.4, 0.5) is 0 Å². The summed E-state index contributed by atoms with van der Waals surface area (Å²) < 4.78 is 0. The summed E-state index contributed by atoms with van der Waals surface area (Å²) in [5.41, 5.74) is 0. The molecular formula is C37H68O. The summed E-state index contributed by atoms with van der Waals surface area (Å²) in [5.74, 6) is 0. The minimum absolute atomic E-state index is 0.0651. The first-order valence-corrected chi connectivity index (χ1v) is 17.1. The van der Waals surface area contributed by atoms with Crippen LogP contribution in [0.15, 0.2) is 48.6 Å². The van der Waals surface area contributed by atoms with Gasteiger partial charge >= 0.3 is 0 Å². The molecule has 0 spiro atoms. The number of unbranched alkanes of at least 4 members (excludes halogenated alkanes) is 20. The van der Waals surface area contributed by atoms with Crippen LogP contribution < -0.4 is 0 Å². The summed E-state index contributed by atoms with van der Waals surface area (Å²) in [7, 11) is 0. The summed E-state index contributed by atoms with van der Waals surface area (Å²) in [5, 5.41) is 10.3. The molecule has 1 N–H and O–H groups in total. The van der Waals surface area contributed by atoms with Gasteiger partial charge in [-0.2, -0.15) is 0 Å². The fraction of sp³-hybridized carbons (Fsp3) is 0.784. The highest BCUT2D eigenvalue weighted by Gasteiger charge is 2.03. The average molecular weight is 529 g/mol. The van der Waals surface area contributed by atoms with Gasteiger partial charge in [0.05, 0.1) is 6.10 Å². The van der Waals surface area contributed by atoms with Crippen molar-refractivity contribution >= 4 is 0 Å². The van der Waals surface area contributed by atoms with Crippen molar-refractivity contribution in [1.82, 2.24) is 0 Å².